The monoisotopic (exact) mass is 159 g/mol. The summed E-state index contributed by atoms with van der Waals surface area (Å²) >= 11 is 0. The van der Waals surface area contributed by atoms with Crippen LogP contribution in [0.3, 0.4) is 0 Å². The summed E-state index contributed by atoms with van der Waals surface area (Å²) in [7, 11) is 1.90. The van der Waals surface area contributed by atoms with E-state index in [0.717, 1.165) is 11.3 Å². The first-order valence-electron chi connectivity index (χ1n) is 3.92. The van der Waals surface area contributed by atoms with Crippen molar-refractivity contribution in [3.05, 3.63) is 60.4 Å². The van der Waals surface area contributed by atoms with Crippen LogP contribution in [-0.2, 0) is 0 Å². The van der Waals surface area contributed by atoms with Crippen LogP contribution in [0.1, 0.15) is 0 Å². The zero-order chi connectivity index (χ0) is 8.81. The predicted octanol–water partition coefficient (Wildman–Crippen LogP) is 2.33. The van der Waals surface area contributed by atoms with E-state index in [-0.39, 0.29) is 0 Å². The summed E-state index contributed by atoms with van der Waals surface area (Å²) in [5, 5.41) is 3.07. The fourth-order valence-corrected chi connectivity index (χ4v) is 0.877. The smallest absolute Gasteiger partial charge is 0.0337 e. The van der Waals surface area contributed by atoms with E-state index in [1.54, 1.807) is 0 Å². The molecule has 0 spiro atoms. The van der Waals surface area contributed by atoms with Crippen LogP contribution in [0.5, 0.6) is 0 Å². The molecule has 0 amide bonds. The standard InChI is InChI=1S/C11H13N/c1-10-6-4-3-5-7-11(12-2)9-8-10/h3-9,12H,1H2,2H3/b5-3-,6-4-,9-8?,11-7+. The number of nitrogens with one attached hydrogen (secondary N) is 1. The van der Waals surface area contributed by atoms with E-state index >= 15 is 0 Å². The van der Waals surface area contributed by atoms with Crippen LogP contribution in [0.15, 0.2) is 60.4 Å². The van der Waals surface area contributed by atoms with E-state index in [1.165, 1.54) is 0 Å². The highest BCUT2D eigenvalue weighted by Crippen LogP contribution is 2.02. The summed E-state index contributed by atoms with van der Waals surface area (Å²) in [4.78, 5) is 0. The van der Waals surface area contributed by atoms with Crippen LogP contribution < -0.4 is 5.32 Å². The predicted molar refractivity (Wildman–Crippen MR) is 53.7 cm³/mol. The summed E-state index contributed by atoms with van der Waals surface area (Å²) in [6.07, 6.45) is 13.9. The number of rotatable bonds is 1. The number of likely N-dealkylation sites (N-methyl/N-ethyl adjacent to an activating group) is 1. The molecule has 0 aliphatic heterocycles. The molecule has 0 bridgehead atoms. The van der Waals surface area contributed by atoms with Gasteiger partial charge in [0, 0.05) is 12.7 Å². The van der Waals surface area contributed by atoms with Crippen molar-refractivity contribution in [2.24, 2.45) is 0 Å². The molecule has 0 saturated heterocycles. The minimum atomic E-state index is 1.00. The molecule has 1 aliphatic rings. The van der Waals surface area contributed by atoms with Gasteiger partial charge in [-0.15, -0.1) is 0 Å². The third-order valence-corrected chi connectivity index (χ3v) is 1.57. The Morgan fingerprint density at radius 1 is 1.08 bits per heavy atom. The fraction of sp³-hybridized carbons (Fsp3) is 0.0909. The van der Waals surface area contributed by atoms with Gasteiger partial charge in [-0.1, -0.05) is 37.0 Å². The van der Waals surface area contributed by atoms with E-state index in [4.69, 9.17) is 0 Å². The molecular weight excluding hydrogens is 146 g/mol. The Morgan fingerprint density at radius 2 is 1.92 bits per heavy atom. The van der Waals surface area contributed by atoms with Gasteiger partial charge < -0.3 is 5.32 Å². The largest absolute Gasteiger partial charge is 0.388 e. The number of hydrogen-bond donors (Lipinski definition) is 1. The van der Waals surface area contributed by atoms with E-state index in [1.807, 2.05) is 49.6 Å². The molecule has 0 atom stereocenters. The molecule has 0 heterocycles. The molecule has 62 valence electrons. The third kappa shape index (κ3) is 2.62. The lowest BCUT2D eigenvalue weighted by molar-refractivity contribution is 1.03. The Morgan fingerprint density at radius 3 is 2.67 bits per heavy atom. The molecule has 1 nitrogen and oxygen atoms in total. The first kappa shape index (κ1) is 8.60. The number of allylic oxidation sites excluding steroid dienone is 8. The molecule has 0 aromatic rings. The molecule has 1 aliphatic carbocycles. The molecule has 0 radical (unpaired) electrons. The Hall–Kier alpha value is -1.50. The van der Waals surface area contributed by atoms with Gasteiger partial charge in [-0.25, -0.2) is 0 Å². The lowest BCUT2D eigenvalue weighted by Crippen LogP contribution is -2.02. The Kier molecular flexibility index (Phi) is 3.15. The highest BCUT2D eigenvalue weighted by atomic mass is 14.8. The van der Waals surface area contributed by atoms with Crippen molar-refractivity contribution >= 4 is 0 Å². The van der Waals surface area contributed by atoms with Gasteiger partial charge in [0.15, 0.2) is 0 Å². The van der Waals surface area contributed by atoms with Gasteiger partial charge in [-0.2, -0.15) is 0 Å². The van der Waals surface area contributed by atoms with Crippen LogP contribution in [0.25, 0.3) is 0 Å². The molecule has 12 heavy (non-hydrogen) atoms. The maximum atomic E-state index is 3.86. The molecule has 0 aromatic carbocycles. The average Bonchev–Trinajstić information content (AvgIpc) is 2.17. The second-order valence-electron chi connectivity index (χ2n) is 2.52. The van der Waals surface area contributed by atoms with E-state index in [0.29, 0.717) is 0 Å². The molecule has 0 unspecified atom stereocenters. The lowest BCUT2D eigenvalue weighted by atomic mass is 10.2. The molecule has 1 N–H and O–H groups in total. The third-order valence-electron chi connectivity index (χ3n) is 1.57. The quantitative estimate of drug-likeness (QED) is 0.619. The first-order valence-corrected chi connectivity index (χ1v) is 3.92. The van der Waals surface area contributed by atoms with Crippen molar-refractivity contribution in [1.82, 2.24) is 5.32 Å². The van der Waals surface area contributed by atoms with Gasteiger partial charge in [0.05, 0.1) is 0 Å². The van der Waals surface area contributed by atoms with Crippen molar-refractivity contribution in [2.45, 2.75) is 0 Å². The topological polar surface area (TPSA) is 12.0 Å². The van der Waals surface area contributed by atoms with Gasteiger partial charge in [-0.3, -0.25) is 0 Å². The minimum Gasteiger partial charge on any atom is -0.388 e. The summed E-state index contributed by atoms with van der Waals surface area (Å²) in [6, 6.07) is 0. The maximum absolute atomic E-state index is 3.86. The maximum Gasteiger partial charge on any atom is 0.0337 e. The molecule has 1 heteroatoms. The average molecular weight is 159 g/mol. The van der Waals surface area contributed by atoms with Gasteiger partial charge in [-0.05, 0) is 17.7 Å². The molecule has 1 rings (SSSR count). The van der Waals surface area contributed by atoms with Crippen LogP contribution in [0, 0.1) is 0 Å². The molecule has 0 saturated carbocycles. The summed E-state index contributed by atoms with van der Waals surface area (Å²) in [5.41, 5.74) is 2.08. The molecule has 0 aromatic heterocycles. The van der Waals surface area contributed by atoms with Crippen LogP contribution in [0.4, 0.5) is 0 Å². The SMILES string of the molecule is C=C1C=C\C(NC)=C/C=C\C=C/1. The second-order valence-corrected chi connectivity index (χ2v) is 2.52. The molecule has 0 fully saturated rings. The van der Waals surface area contributed by atoms with Gasteiger partial charge in [0.1, 0.15) is 0 Å². The second kappa shape index (κ2) is 4.39. The summed E-state index contributed by atoms with van der Waals surface area (Å²) < 4.78 is 0. The van der Waals surface area contributed by atoms with Crippen molar-refractivity contribution < 1.29 is 0 Å². The minimum absolute atomic E-state index is 1.00. The van der Waals surface area contributed by atoms with Gasteiger partial charge in [0.2, 0.25) is 0 Å². The van der Waals surface area contributed by atoms with Crippen LogP contribution in [0.2, 0.25) is 0 Å². The van der Waals surface area contributed by atoms with Crippen LogP contribution in [-0.4, -0.2) is 7.05 Å². The normalized spacial score (nSPS) is 26.1. The van der Waals surface area contributed by atoms with E-state index in [2.05, 4.69) is 11.9 Å². The van der Waals surface area contributed by atoms with Crippen LogP contribution >= 0.6 is 0 Å². The Balaban J connectivity index is 2.87. The van der Waals surface area contributed by atoms with Crippen molar-refractivity contribution in [3.8, 4) is 0 Å². The van der Waals surface area contributed by atoms with E-state index < -0.39 is 0 Å². The highest BCUT2D eigenvalue weighted by Gasteiger charge is 1.86. The first-order chi connectivity index (χ1) is 5.83. The molecular formula is C11H13N. The summed E-state index contributed by atoms with van der Waals surface area (Å²) in [6.45, 7) is 3.86. The fourth-order valence-electron chi connectivity index (χ4n) is 0.877. The van der Waals surface area contributed by atoms with Crippen molar-refractivity contribution in [2.75, 3.05) is 7.05 Å². The summed E-state index contributed by atoms with van der Waals surface area (Å²) in [5.74, 6) is 0. The highest BCUT2D eigenvalue weighted by molar-refractivity contribution is 5.36. The van der Waals surface area contributed by atoms with Crippen molar-refractivity contribution in [1.29, 1.82) is 0 Å². The Bertz CT molecular complexity index is 277. The van der Waals surface area contributed by atoms with Gasteiger partial charge >= 0.3 is 0 Å². The zero-order valence-corrected chi connectivity index (χ0v) is 7.25. The van der Waals surface area contributed by atoms with Crippen molar-refractivity contribution in [3.63, 3.8) is 0 Å². The zero-order valence-electron chi connectivity index (χ0n) is 7.25. The Labute approximate surface area is 73.5 Å². The number of hydrogen-bond acceptors (Lipinski definition) is 1. The van der Waals surface area contributed by atoms with E-state index in [9.17, 15) is 0 Å². The lowest BCUT2D eigenvalue weighted by Gasteiger charge is -1.97. The van der Waals surface area contributed by atoms with Gasteiger partial charge in [0.25, 0.3) is 0 Å².